The summed E-state index contributed by atoms with van der Waals surface area (Å²) in [7, 11) is 0. The molecule has 0 fully saturated rings. The molecule has 1 heterocycles. The van der Waals surface area contributed by atoms with Gasteiger partial charge in [0.2, 0.25) is 0 Å². The van der Waals surface area contributed by atoms with Crippen LogP contribution in [0.1, 0.15) is 13.8 Å². The number of hydrogen-bond acceptors (Lipinski definition) is 1. The quantitative estimate of drug-likeness (QED) is 0.588. The molecule has 0 atom stereocenters. The minimum Gasteiger partial charge on any atom is -0.307 e. The molecular formula is C9H12N2. The molecule has 0 amide bonds. The Morgan fingerprint density at radius 1 is 1.45 bits per heavy atom. The molecule has 2 nitrogen and oxygen atoms in total. The van der Waals surface area contributed by atoms with Crippen LogP contribution in [-0.4, -0.2) is 9.55 Å². The molecule has 0 saturated carbocycles. The minimum absolute atomic E-state index is 1.14. The maximum absolute atomic E-state index is 3.96. The first-order valence-electron chi connectivity index (χ1n) is 3.66. The Kier molecular flexibility index (Phi) is 2.66. The van der Waals surface area contributed by atoms with Crippen LogP contribution in [0.25, 0.3) is 5.70 Å². The van der Waals surface area contributed by atoms with Crippen LogP contribution >= 0.6 is 0 Å². The van der Waals surface area contributed by atoms with Gasteiger partial charge in [0.1, 0.15) is 0 Å². The van der Waals surface area contributed by atoms with E-state index in [4.69, 9.17) is 0 Å². The lowest BCUT2D eigenvalue weighted by Gasteiger charge is -1.99. The molecule has 0 spiro atoms. The summed E-state index contributed by atoms with van der Waals surface area (Å²) in [5.41, 5.74) is 1.14. The number of aromatic nitrogens is 2. The zero-order valence-electron chi connectivity index (χ0n) is 6.86. The zero-order chi connectivity index (χ0) is 8.10. The van der Waals surface area contributed by atoms with Gasteiger partial charge in [0, 0.05) is 18.1 Å². The summed E-state index contributed by atoms with van der Waals surface area (Å²) in [4.78, 5) is 3.96. The van der Waals surface area contributed by atoms with Crippen molar-refractivity contribution in [1.29, 1.82) is 0 Å². The summed E-state index contributed by atoms with van der Waals surface area (Å²) in [5, 5.41) is 0. The first-order valence-corrected chi connectivity index (χ1v) is 3.66. The van der Waals surface area contributed by atoms with Gasteiger partial charge in [-0.1, -0.05) is 12.2 Å². The van der Waals surface area contributed by atoms with E-state index in [1.165, 1.54) is 0 Å². The maximum atomic E-state index is 3.96. The van der Waals surface area contributed by atoms with Gasteiger partial charge >= 0.3 is 0 Å². The van der Waals surface area contributed by atoms with Crippen molar-refractivity contribution in [3.63, 3.8) is 0 Å². The molecule has 0 radical (unpaired) electrons. The fourth-order valence-corrected chi connectivity index (χ4v) is 0.914. The van der Waals surface area contributed by atoms with Crippen molar-refractivity contribution in [2.75, 3.05) is 0 Å². The van der Waals surface area contributed by atoms with Gasteiger partial charge in [-0.05, 0) is 19.9 Å². The predicted octanol–water partition coefficient (Wildman–Crippen LogP) is 2.32. The molecule has 0 bridgehead atoms. The Bertz CT molecular complexity index is 255. The molecule has 0 aliphatic carbocycles. The minimum atomic E-state index is 1.14. The van der Waals surface area contributed by atoms with Gasteiger partial charge < -0.3 is 4.57 Å². The van der Waals surface area contributed by atoms with E-state index in [9.17, 15) is 0 Å². The molecule has 58 valence electrons. The highest BCUT2D eigenvalue weighted by atomic mass is 15.0. The van der Waals surface area contributed by atoms with Crippen LogP contribution in [0.5, 0.6) is 0 Å². The number of hydrogen-bond donors (Lipinski definition) is 0. The van der Waals surface area contributed by atoms with Crippen molar-refractivity contribution in [1.82, 2.24) is 9.55 Å². The van der Waals surface area contributed by atoms with Crippen LogP contribution in [0.3, 0.4) is 0 Å². The highest BCUT2D eigenvalue weighted by Gasteiger charge is 1.90. The van der Waals surface area contributed by atoms with Gasteiger partial charge in [0.15, 0.2) is 0 Å². The number of nitrogens with zero attached hydrogens (tertiary/aromatic N) is 2. The van der Waals surface area contributed by atoms with Crippen LogP contribution in [0.2, 0.25) is 0 Å². The molecular weight excluding hydrogens is 136 g/mol. The van der Waals surface area contributed by atoms with Crippen molar-refractivity contribution in [2.45, 2.75) is 13.8 Å². The number of allylic oxidation sites excluding steroid dienone is 4. The Labute approximate surface area is 66.9 Å². The Hall–Kier alpha value is -1.31. The Morgan fingerprint density at radius 2 is 2.27 bits per heavy atom. The van der Waals surface area contributed by atoms with Gasteiger partial charge in [-0.25, -0.2) is 4.98 Å². The fourth-order valence-electron chi connectivity index (χ4n) is 0.914. The van der Waals surface area contributed by atoms with Gasteiger partial charge in [-0.15, -0.1) is 0 Å². The lowest BCUT2D eigenvalue weighted by atomic mass is 10.3. The molecule has 11 heavy (non-hydrogen) atoms. The fraction of sp³-hybridized carbons (Fsp3) is 0.222. The van der Waals surface area contributed by atoms with Gasteiger partial charge in [-0.3, -0.25) is 0 Å². The van der Waals surface area contributed by atoms with E-state index in [1.54, 1.807) is 12.5 Å². The molecule has 1 aromatic rings. The second kappa shape index (κ2) is 3.76. The van der Waals surface area contributed by atoms with Crippen molar-refractivity contribution in [3.8, 4) is 0 Å². The normalized spacial score (nSPS) is 12.7. The summed E-state index contributed by atoms with van der Waals surface area (Å²) in [6.45, 7) is 4.01. The highest BCUT2D eigenvalue weighted by molar-refractivity contribution is 5.55. The number of imidazole rings is 1. The van der Waals surface area contributed by atoms with E-state index in [0.717, 1.165) is 5.70 Å². The lowest BCUT2D eigenvalue weighted by Crippen LogP contribution is -1.88. The first-order chi connectivity index (χ1) is 5.38. The topological polar surface area (TPSA) is 17.8 Å². The number of rotatable bonds is 2. The van der Waals surface area contributed by atoms with Crippen LogP contribution in [0.4, 0.5) is 0 Å². The maximum Gasteiger partial charge on any atom is 0.0991 e. The standard InChI is InChI=1S/C9H12N2/c1-3-5-9(4-2)11-7-6-10-8-11/h3-8H,1-2H3. The Balaban J connectivity index is 2.89. The van der Waals surface area contributed by atoms with Crippen LogP contribution in [0.15, 0.2) is 36.9 Å². The monoisotopic (exact) mass is 148 g/mol. The van der Waals surface area contributed by atoms with Gasteiger partial charge in [0.05, 0.1) is 6.33 Å². The van der Waals surface area contributed by atoms with Crippen LogP contribution < -0.4 is 0 Å². The van der Waals surface area contributed by atoms with Crippen LogP contribution in [0, 0.1) is 0 Å². The van der Waals surface area contributed by atoms with E-state index in [0.29, 0.717) is 0 Å². The summed E-state index contributed by atoms with van der Waals surface area (Å²) in [5.74, 6) is 0. The molecule has 0 N–H and O–H groups in total. The average molecular weight is 148 g/mol. The molecule has 0 aromatic carbocycles. The third kappa shape index (κ3) is 1.80. The summed E-state index contributed by atoms with van der Waals surface area (Å²) in [6.07, 6.45) is 11.6. The van der Waals surface area contributed by atoms with E-state index < -0.39 is 0 Å². The molecule has 0 unspecified atom stereocenters. The average Bonchev–Trinajstić information content (AvgIpc) is 2.52. The Morgan fingerprint density at radius 3 is 2.73 bits per heavy atom. The van der Waals surface area contributed by atoms with E-state index in [2.05, 4.69) is 4.98 Å². The third-order valence-corrected chi connectivity index (χ3v) is 1.44. The molecule has 0 aliphatic heterocycles. The van der Waals surface area contributed by atoms with E-state index in [1.807, 2.05) is 42.8 Å². The summed E-state index contributed by atoms with van der Waals surface area (Å²) >= 11 is 0. The van der Waals surface area contributed by atoms with E-state index in [-0.39, 0.29) is 0 Å². The molecule has 1 aromatic heterocycles. The SMILES string of the molecule is CC=CC(=CC)n1ccnc1. The third-order valence-electron chi connectivity index (χ3n) is 1.44. The first kappa shape index (κ1) is 7.79. The van der Waals surface area contributed by atoms with Crippen molar-refractivity contribution in [2.24, 2.45) is 0 Å². The second-order valence-electron chi connectivity index (χ2n) is 2.18. The van der Waals surface area contributed by atoms with Gasteiger partial charge in [0.25, 0.3) is 0 Å². The molecule has 0 saturated heterocycles. The van der Waals surface area contributed by atoms with E-state index >= 15 is 0 Å². The molecule has 2 heteroatoms. The van der Waals surface area contributed by atoms with Gasteiger partial charge in [-0.2, -0.15) is 0 Å². The molecule has 0 aliphatic rings. The summed E-state index contributed by atoms with van der Waals surface area (Å²) in [6, 6.07) is 0. The van der Waals surface area contributed by atoms with Crippen molar-refractivity contribution >= 4 is 5.70 Å². The molecule has 1 rings (SSSR count). The smallest absolute Gasteiger partial charge is 0.0991 e. The predicted molar refractivity (Wildman–Crippen MR) is 47.0 cm³/mol. The zero-order valence-corrected chi connectivity index (χ0v) is 6.86. The summed E-state index contributed by atoms with van der Waals surface area (Å²) < 4.78 is 1.97. The second-order valence-corrected chi connectivity index (χ2v) is 2.18. The highest BCUT2D eigenvalue weighted by Crippen LogP contribution is 2.04. The van der Waals surface area contributed by atoms with Crippen molar-refractivity contribution in [3.05, 3.63) is 36.9 Å². The lowest BCUT2D eigenvalue weighted by molar-refractivity contribution is 1.10. The van der Waals surface area contributed by atoms with Crippen molar-refractivity contribution < 1.29 is 0 Å². The largest absolute Gasteiger partial charge is 0.307 e. The van der Waals surface area contributed by atoms with Crippen LogP contribution in [-0.2, 0) is 0 Å².